The number of anilines is 1. The molecule has 0 saturated heterocycles. The van der Waals surface area contributed by atoms with Gasteiger partial charge in [-0.15, -0.1) is 0 Å². The van der Waals surface area contributed by atoms with Crippen LogP contribution in [0.1, 0.15) is 52.8 Å². The number of ether oxygens (including phenoxy) is 1. The Kier molecular flexibility index (Phi) is 3.72. The maximum absolute atomic E-state index is 9.12. The summed E-state index contributed by atoms with van der Waals surface area (Å²) in [7, 11) is 0. The van der Waals surface area contributed by atoms with Gasteiger partial charge in [0.05, 0.1) is 5.69 Å². The van der Waals surface area contributed by atoms with Crippen LogP contribution in [-0.2, 0) is 0 Å². The molecule has 17 heavy (non-hydrogen) atoms. The van der Waals surface area contributed by atoms with Crippen molar-refractivity contribution in [3.8, 4) is 11.9 Å². The number of aromatic nitrogens is 1. The Morgan fingerprint density at radius 1 is 1.53 bits per heavy atom. The van der Waals surface area contributed by atoms with E-state index in [9.17, 15) is 0 Å². The van der Waals surface area contributed by atoms with E-state index in [1.807, 2.05) is 25.3 Å². The molecular weight excluding hydrogens is 214 g/mol. The zero-order valence-corrected chi connectivity index (χ0v) is 11.2. The SMILES string of the molecule is CCC(C)n1c(C#N)cc(N)c1OC(C)(C)C. The van der Waals surface area contributed by atoms with Gasteiger partial charge in [-0.05, 0) is 34.1 Å². The second-order valence-electron chi connectivity index (χ2n) is 5.24. The highest BCUT2D eigenvalue weighted by molar-refractivity contribution is 5.55. The zero-order chi connectivity index (χ0) is 13.2. The number of hydrogen-bond donors (Lipinski definition) is 1. The third-order valence-corrected chi connectivity index (χ3v) is 2.57. The molecule has 4 nitrogen and oxygen atoms in total. The van der Waals surface area contributed by atoms with Gasteiger partial charge in [0.15, 0.2) is 0 Å². The molecule has 0 aromatic carbocycles. The van der Waals surface area contributed by atoms with Crippen LogP contribution in [0.4, 0.5) is 5.69 Å². The lowest BCUT2D eigenvalue weighted by Gasteiger charge is -2.25. The molecule has 0 saturated carbocycles. The minimum atomic E-state index is -0.329. The lowest BCUT2D eigenvalue weighted by atomic mass is 10.2. The summed E-state index contributed by atoms with van der Waals surface area (Å²) in [5.41, 5.74) is 6.67. The molecule has 2 N–H and O–H groups in total. The second-order valence-corrected chi connectivity index (χ2v) is 5.24. The first-order chi connectivity index (χ1) is 7.80. The van der Waals surface area contributed by atoms with Gasteiger partial charge in [0, 0.05) is 12.1 Å². The zero-order valence-electron chi connectivity index (χ0n) is 11.2. The normalized spacial score (nSPS) is 13.2. The van der Waals surface area contributed by atoms with Crippen molar-refractivity contribution in [1.29, 1.82) is 5.26 Å². The smallest absolute Gasteiger partial charge is 0.219 e. The van der Waals surface area contributed by atoms with Crippen molar-refractivity contribution in [2.24, 2.45) is 0 Å². The Morgan fingerprint density at radius 2 is 2.12 bits per heavy atom. The van der Waals surface area contributed by atoms with Gasteiger partial charge in [-0.1, -0.05) is 6.92 Å². The van der Waals surface area contributed by atoms with Gasteiger partial charge in [0.2, 0.25) is 5.88 Å². The minimum absolute atomic E-state index is 0.194. The lowest BCUT2D eigenvalue weighted by Crippen LogP contribution is -2.25. The van der Waals surface area contributed by atoms with E-state index in [1.54, 1.807) is 6.07 Å². The molecule has 1 rings (SSSR count). The largest absolute Gasteiger partial charge is 0.472 e. The molecule has 0 aliphatic heterocycles. The predicted octanol–water partition coefficient (Wildman–Crippen LogP) is 3.09. The molecule has 1 aromatic heterocycles. The Hall–Kier alpha value is -1.63. The summed E-state index contributed by atoms with van der Waals surface area (Å²) in [6.45, 7) is 10.0. The van der Waals surface area contributed by atoms with Crippen LogP contribution in [0.15, 0.2) is 6.07 Å². The number of rotatable bonds is 3. The van der Waals surface area contributed by atoms with E-state index in [4.69, 9.17) is 15.7 Å². The molecule has 94 valence electrons. The Balaban J connectivity index is 3.28. The lowest BCUT2D eigenvalue weighted by molar-refractivity contribution is 0.116. The fourth-order valence-electron chi connectivity index (χ4n) is 1.63. The highest BCUT2D eigenvalue weighted by Crippen LogP contribution is 2.33. The molecule has 4 heteroatoms. The van der Waals surface area contributed by atoms with E-state index < -0.39 is 0 Å². The Bertz CT molecular complexity index is 435. The highest BCUT2D eigenvalue weighted by atomic mass is 16.5. The first kappa shape index (κ1) is 13.4. The standard InChI is InChI=1S/C13H21N3O/c1-6-9(2)16-10(8-14)7-11(15)12(16)17-13(3,4)5/h7,9H,6,15H2,1-5H3. The number of hydrogen-bond acceptors (Lipinski definition) is 3. The van der Waals surface area contributed by atoms with Gasteiger partial charge in [-0.3, -0.25) is 4.57 Å². The summed E-state index contributed by atoms with van der Waals surface area (Å²) in [6, 6.07) is 4.03. The maximum Gasteiger partial charge on any atom is 0.219 e. The van der Waals surface area contributed by atoms with Gasteiger partial charge in [-0.25, -0.2) is 0 Å². The number of nitrogens with zero attached hydrogens (tertiary/aromatic N) is 2. The molecule has 0 aliphatic carbocycles. The molecule has 0 radical (unpaired) electrons. The molecule has 1 heterocycles. The van der Waals surface area contributed by atoms with Crippen LogP contribution in [0.2, 0.25) is 0 Å². The molecule has 0 fully saturated rings. The van der Waals surface area contributed by atoms with Crippen molar-refractivity contribution in [2.75, 3.05) is 5.73 Å². The van der Waals surface area contributed by atoms with Crippen molar-refractivity contribution >= 4 is 5.69 Å². The van der Waals surface area contributed by atoms with Gasteiger partial charge in [-0.2, -0.15) is 5.26 Å². The molecule has 1 atom stereocenters. The first-order valence-electron chi connectivity index (χ1n) is 5.90. The second kappa shape index (κ2) is 4.70. The third kappa shape index (κ3) is 2.94. The van der Waals surface area contributed by atoms with E-state index in [2.05, 4.69) is 19.9 Å². The summed E-state index contributed by atoms with van der Waals surface area (Å²) in [5.74, 6) is 0.600. The first-order valence-corrected chi connectivity index (χ1v) is 5.90. The van der Waals surface area contributed by atoms with Crippen LogP contribution >= 0.6 is 0 Å². The molecule has 0 spiro atoms. The van der Waals surface area contributed by atoms with Gasteiger partial charge in [0.1, 0.15) is 17.4 Å². The van der Waals surface area contributed by atoms with Gasteiger partial charge < -0.3 is 10.5 Å². The molecule has 1 aromatic rings. The maximum atomic E-state index is 9.12. The topological polar surface area (TPSA) is 64.0 Å². The fraction of sp³-hybridized carbons (Fsp3) is 0.615. The van der Waals surface area contributed by atoms with Crippen LogP contribution < -0.4 is 10.5 Å². The monoisotopic (exact) mass is 235 g/mol. The van der Waals surface area contributed by atoms with E-state index in [0.717, 1.165) is 6.42 Å². The van der Waals surface area contributed by atoms with Crippen LogP contribution in [0.3, 0.4) is 0 Å². The summed E-state index contributed by atoms with van der Waals surface area (Å²) >= 11 is 0. The van der Waals surface area contributed by atoms with Crippen molar-refractivity contribution in [2.45, 2.75) is 52.7 Å². The highest BCUT2D eigenvalue weighted by Gasteiger charge is 2.22. The molecular formula is C13H21N3O. The minimum Gasteiger partial charge on any atom is -0.472 e. The third-order valence-electron chi connectivity index (χ3n) is 2.57. The average Bonchev–Trinajstić information content (AvgIpc) is 2.52. The summed E-state index contributed by atoms with van der Waals surface area (Å²) < 4.78 is 7.73. The average molecular weight is 235 g/mol. The van der Waals surface area contributed by atoms with Crippen LogP contribution in [0.5, 0.6) is 5.88 Å². The summed E-state index contributed by atoms with van der Waals surface area (Å²) in [6.07, 6.45) is 0.920. The fourth-order valence-corrected chi connectivity index (χ4v) is 1.63. The Morgan fingerprint density at radius 3 is 2.53 bits per heavy atom. The molecule has 1 unspecified atom stereocenters. The van der Waals surface area contributed by atoms with Crippen molar-refractivity contribution in [3.05, 3.63) is 11.8 Å². The molecule has 0 aliphatic rings. The predicted molar refractivity (Wildman–Crippen MR) is 68.9 cm³/mol. The molecule has 0 amide bonds. The Labute approximate surface area is 103 Å². The van der Waals surface area contributed by atoms with Gasteiger partial charge in [0.25, 0.3) is 0 Å². The van der Waals surface area contributed by atoms with Crippen molar-refractivity contribution in [3.63, 3.8) is 0 Å². The van der Waals surface area contributed by atoms with Crippen LogP contribution in [0, 0.1) is 11.3 Å². The van der Waals surface area contributed by atoms with E-state index in [-0.39, 0.29) is 11.6 Å². The number of nitriles is 1. The van der Waals surface area contributed by atoms with Gasteiger partial charge >= 0.3 is 0 Å². The van der Waals surface area contributed by atoms with Crippen LogP contribution in [-0.4, -0.2) is 10.2 Å². The number of nitrogen functional groups attached to an aromatic ring is 1. The van der Waals surface area contributed by atoms with Crippen LogP contribution in [0.25, 0.3) is 0 Å². The van der Waals surface area contributed by atoms with E-state index in [0.29, 0.717) is 17.3 Å². The summed E-state index contributed by atoms with van der Waals surface area (Å²) in [4.78, 5) is 0. The van der Waals surface area contributed by atoms with E-state index in [1.165, 1.54) is 0 Å². The van der Waals surface area contributed by atoms with Crippen molar-refractivity contribution < 1.29 is 4.74 Å². The quantitative estimate of drug-likeness (QED) is 0.875. The van der Waals surface area contributed by atoms with Crippen molar-refractivity contribution in [1.82, 2.24) is 4.57 Å². The summed E-state index contributed by atoms with van der Waals surface area (Å²) in [5, 5.41) is 9.12. The van der Waals surface area contributed by atoms with E-state index >= 15 is 0 Å². The molecule has 0 bridgehead atoms. The number of nitrogens with two attached hydrogens (primary N) is 1.